The van der Waals surface area contributed by atoms with E-state index in [1.807, 2.05) is 0 Å². The van der Waals surface area contributed by atoms with Gasteiger partial charge in [0, 0.05) is 43.6 Å². The van der Waals surface area contributed by atoms with Gasteiger partial charge >= 0.3 is 12.1 Å². The molecule has 2 aliphatic heterocycles. The molecule has 2 atom stereocenters. The predicted molar refractivity (Wildman–Crippen MR) is 121 cm³/mol. The summed E-state index contributed by atoms with van der Waals surface area (Å²) in [6, 6.07) is 7.14. The molecule has 2 heterocycles. The number of aliphatic carboxylic acids is 1. The molecule has 0 bridgehead atoms. The summed E-state index contributed by atoms with van der Waals surface area (Å²) in [5, 5.41) is 9.45. The predicted octanol–water partition coefficient (Wildman–Crippen LogP) is 3.80. The summed E-state index contributed by atoms with van der Waals surface area (Å²) in [5.74, 6) is -1.97. The molecular weight excluding hydrogens is 490 g/mol. The third-order valence-electron chi connectivity index (χ3n) is 6.46. The highest BCUT2D eigenvalue weighted by Crippen LogP contribution is 2.38. The van der Waals surface area contributed by atoms with Crippen molar-refractivity contribution in [2.45, 2.75) is 42.9 Å². The van der Waals surface area contributed by atoms with E-state index < -0.39 is 45.6 Å². The molecular formula is C23H25F4N3O4S. The monoisotopic (exact) mass is 515 g/mol. The largest absolute Gasteiger partial charge is 0.480 e. The second-order valence-corrected chi connectivity index (χ2v) is 10.6. The van der Waals surface area contributed by atoms with Crippen LogP contribution in [0.5, 0.6) is 0 Å². The average molecular weight is 516 g/mol. The van der Waals surface area contributed by atoms with Gasteiger partial charge in [-0.1, -0.05) is 6.07 Å². The highest BCUT2D eigenvalue weighted by molar-refractivity contribution is 7.89. The Hall–Kier alpha value is -2.86. The van der Waals surface area contributed by atoms with Gasteiger partial charge in [-0.15, -0.1) is 0 Å². The van der Waals surface area contributed by atoms with E-state index in [-0.39, 0.29) is 30.2 Å². The maximum absolute atomic E-state index is 13.5. The van der Waals surface area contributed by atoms with Crippen molar-refractivity contribution in [1.82, 2.24) is 4.31 Å². The molecule has 0 saturated carbocycles. The summed E-state index contributed by atoms with van der Waals surface area (Å²) in [6.07, 6.45) is -3.61. The topological polar surface area (TPSA) is 81.2 Å². The molecule has 2 aromatic rings. The van der Waals surface area contributed by atoms with Crippen molar-refractivity contribution in [2.24, 2.45) is 0 Å². The van der Waals surface area contributed by atoms with Crippen LogP contribution in [0.3, 0.4) is 0 Å². The maximum Gasteiger partial charge on any atom is 0.418 e. The number of halogens is 4. The number of carbonyl (C=O) groups is 1. The van der Waals surface area contributed by atoms with Gasteiger partial charge in [-0.2, -0.15) is 17.5 Å². The van der Waals surface area contributed by atoms with Crippen LogP contribution in [-0.4, -0.2) is 62.1 Å². The van der Waals surface area contributed by atoms with Crippen LogP contribution in [0.1, 0.15) is 25.3 Å². The van der Waals surface area contributed by atoms with E-state index in [1.54, 1.807) is 24.0 Å². The maximum atomic E-state index is 13.5. The fourth-order valence-electron chi connectivity index (χ4n) is 4.82. The van der Waals surface area contributed by atoms with Crippen molar-refractivity contribution in [3.05, 3.63) is 53.8 Å². The first-order chi connectivity index (χ1) is 16.4. The zero-order valence-corrected chi connectivity index (χ0v) is 19.7. The Labute approximate surface area is 200 Å². The Balaban J connectivity index is 1.57. The number of anilines is 2. The number of rotatable bonds is 5. The lowest BCUT2D eigenvalue weighted by Gasteiger charge is -2.40. The zero-order valence-electron chi connectivity index (χ0n) is 18.9. The van der Waals surface area contributed by atoms with E-state index in [2.05, 4.69) is 0 Å². The van der Waals surface area contributed by atoms with Gasteiger partial charge in [-0.3, -0.25) is 0 Å². The van der Waals surface area contributed by atoms with E-state index in [4.69, 9.17) is 0 Å². The standard InChI is InChI=1S/C23H25F4N3O4S/c1-15-14-28(20-8-7-16(24)12-19(20)23(25,26)27)10-11-30(15)35(33,34)18-5-2-4-17(13-18)29-9-3-6-21(29)22(31)32/h2,4-5,7-8,12-13,15,21H,3,6,9-11,14H2,1H3,(H,31,32). The van der Waals surface area contributed by atoms with Crippen molar-refractivity contribution in [1.29, 1.82) is 0 Å². The minimum atomic E-state index is -4.76. The molecule has 0 aromatic heterocycles. The first kappa shape index (κ1) is 25.2. The molecule has 0 radical (unpaired) electrons. The van der Waals surface area contributed by atoms with Crippen LogP contribution in [0.25, 0.3) is 0 Å². The Kier molecular flexibility index (Phi) is 6.71. The lowest BCUT2D eigenvalue weighted by atomic mass is 10.1. The van der Waals surface area contributed by atoms with E-state index in [1.165, 1.54) is 21.3 Å². The number of carboxylic acids is 1. The summed E-state index contributed by atoms with van der Waals surface area (Å²) in [4.78, 5) is 14.6. The molecule has 12 heteroatoms. The molecule has 0 spiro atoms. The Morgan fingerprint density at radius 3 is 2.49 bits per heavy atom. The van der Waals surface area contributed by atoms with Crippen LogP contribution in [0.2, 0.25) is 0 Å². The number of sulfonamides is 1. The number of nitrogens with zero attached hydrogens (tertiary/aromatic N) is 3. The molecule has 2 fully saturated rings. The molecule has 0 amide bonds. The molecule has 2 unspecified atom stereocenters. The zero-order chi connectivity index (χ0) is 25.5. The smallest absolute Gasteiger partial charge is 0.418 e. The van der Waals surface area contributed by atoms with Crippen LogP contribution >= 0.6 is 0 Å². The minimum Gasteiger partial charge on any atom is -0.480 e. The number of carboxylic acid groups (broad SMARTS) is 1. The molecule has 2 saturated heterocycles. The molecule has 0 aliphatic carbocycles. The van der Waals surface area contributed by atoms with Crippen molar-refractivity contribution in [3.63, 3.8) is 0 Å². The fourth-order valence-corrected chi connectivity index (χ4v) is 6.47. The molecule has 7 nitrogen and oxygen atoms in total. The Morgan fingerprint density at radius 1 is 1.09 bits per heavy atom. The lowest BCUT2D eigenvalue weighted by molar-refractivity contribution is -0.138. The molecule has 2 aliphatic rings. The second-order valence-electron chi connectivity index (χ2n) is 8.76. The number of benzene rings is 2. The van der Waals surface area contributed by atoms with Crippen molar-refractivity contribution in [2.75, 3.05) is 36.0 Å². The van der Waals surface area contributed by atoms with E-state index >= 15 is 0 Å². The average Bonchev–Trinajstić information content (AvgIpc) is 3.29. The van der Waals surface area contributed by atoms with Crippen molar-refractivity contribution in [3.8, 4) is 0 Å². The van der Waals surface area contributed by atoms with E-state index in [0.29, 0.717) is 31.1 Å². The van der Waals surface area contributed by atoms with Gasteiger partial charge in [-0.25, -0.2) is 17.6 Å². The third-order valence-corrected chi connectivity index (χ3v) is 8.47. The molecule has 2 aromatic carbocycles. The second kappa shape index (κ2) is 9.30. The normalized spacial score (nSPS) is 22.0. The minimum absolute atomic E-state index is 0.00874. The van der Waals surface area contributed by atoms with Gasteiger partial charge in [0.05, 0.1) is 10.5 Å². The van der Waals surface area contributed by atoms with Crippen molar-refractivity contribution < 1.29 is 35.9 Å². The van der Waals surface area contributed by atoms with Crippen LogP contribution in [-0.2, 0) is 21.0 Å². The Bertz CT molecular complexity index is 1220. The number of hydrogen-bond donors (Lipinski definition) is 1. The molecule has 35 heavy (non-hydrogen) atoms. The van der Waals surface area contributed by atoms with Gasteiger partial charge in [0.25, 0.3) is 0 Å². The number of alkyl halides is 3. The Morgan fingerprint density at radius 2 is 1.83 bits per heavy atom. The molecule has 4 rings (SSSR count). The van der Waals surface area contributed by atoms with Gasteiger partial charge in [0.2, 0.25) is 10.0 Å². The van der Waals surface area contributed by atoms with Gasteiger partial charge in [-0.05, 0) is 56.2 Å². The summed E-state index contributed by atoms with van der Waals surface area (Å²) in [6.45, 7) is 2.01. The summed E-state index contributed by atoms with van der Waals surface area (Å²) in [5.41, 5.74) is -0.811. The van der Waals surface area contributed by atoms with Crippen LogP contribution in [0.15, 0.2) is 47.4 Å². The SMILES string of the molecule is CC1CN(c2ccc(F)cc2C(F)(F)F)CCN1S(=O)(=O)c1cccc(N2CCCC2C(=O)O)c1. The van der Waals surface area contributed by atoms with Crippen LogP contribution in [0.4, 0.5) is 28.9 Å². The highest BCUT2D eigenvalue weighted by Gasteiger charge is 2.39. The summed E-state index contributed by atoms with van der Waals surface area (Å²) < 4.78 is 82.0. The fraction of sp³-hybridized carbons (Fsp3) is 0.435. The van der Waals surface area contributed by atoms with Crippen LogP contribution < -0.4 is 9.80 Å². The highest BCUT2D eigenvalue weighted by atomic mass is 32.2. The van der Waals surface area contributed by atoms with E-state index in [9.17, 15) is 35.9 Å². The number of piperazine rings is 1. The van der Waals surface area contributed by atoms with Gasteiger partial charge in [0.1, 0.15) is 11.9 Å². The van der Waals surface area contributed by atoms with Gasteiger partial charge < -0.3 is 14.9 Å². The van der Waals surface area contributed by atoms with E-state index in [0.717, 1.165) is 12.1 Å². The van der Waals surface area contributed by atoms with Crippen LogP contribution in [0, 0.1) is 5.82 Å². The number of hydrogen-bond acceptors (Lipinski definition) is 5. The summed E-state index contributed by atoms with van der Waals surface area (Å²) in [7, 11) is -4.00. The van der Waals surface area contributed by atoms with Gasteiger partial charge in [0.15, 0.2) is 0 Å². The molecule has 190 valence electrons. The molecule has 1 N–H and O–H groups in total. The first-order valence-corrected chi connectivity index (χ1v) is 12.6. The first-order valence-electron chi connectivity index (χ1n) is 11.1. The summed E-state index contributed by atoms with van der Waals surface area (Å²) >= 11 is 0. The lowest BCUT2D eigenvalue weighted by Crippen LogP contribution is -2.54. The van der Waals surface area contributed by atoms with Crippen molar-refractivity contribution >= 4 is 27.4 Å². The third kappa shape index (κ3) is 4.94. The quantitative estimate of drug-likeness (QED) is 0.611.